The zero-order chi connectivity index (χ0) is 15.0. The number of carbonyl (C=O) groups excluding carboxylic acids is 1. The monoisotopic (exact) mass is 300 g/mol. The predicted molar refractivity (Wildman–Crippen MR) is 73.6 cm³/mol. The van der Waals surface area contributed by atoms with Crippen LogP contribution in [-0.4, -0.2) is 31.1 Å². The molecule has 0 spiro atoms. The Kier molecular flexibility index (Phi) is 3.88. The molecule has 0 bridgehead atoms. The number of aromatic amines is 1. The molecule has 0 saturated heterocycles. The normalized spacial score (nSPS) is 18.1. The SMILES string of the molecule is Cc1[nH]nc(C(=O)NCC2(C)CCCC2)c1S(N)(=O)=O. The molecular weight excluding hydrogens is 280 g/mol. The first-order chi connectivity index (χ1) is 9.23. The summed E-state index contributed by atoms with van der Waals surface area (Å²) in [5.74, 6) is -0.508. The molecule has 0 aromatic carbocycles. The Labute approximate surface area is 118 Å². The van der Waals surface area contributed by atoms with Crippen molar-refractivity contribution in [1.29, 1.82) is 0 Å². The van der Waals surface area contributed by atoms with Crippen LogP contribution in [0.4, 0.5) is 0 Å². The molecular formula is C12H20N4O3S. The van der Waals surface area contributed by atoms with E-state index in [1.54, 1.807) is 0 Å². The lowest BCUT2D eigenvalue weighted by Crippen LogP contribution is -2.35. The lowest BCUT2D eigenvalue weighted by atomic mass is 9.89. The van der Waals surface area contributed by atoms with Crippen LogP contribution in [0.15, 0.2) is 4.90 Å². The van der Waals surface area contributed by atoms with Crippen LogP contribution in [0.5, 0.6) is 0 Å². The Hall–Kier alpha value is -1.41. The minimum absolute atomic E-state index is 0.0861. The van der Waals surface area contributed by atoms with Gasteiger partial charge in [0.1, 0.15) is 4.90 Å². The smallest absolute Gasteiger partial charge is 0.273 e. The third-order valence-corrected chi connectivity index (χ3v) is 4.95. The number of aromatic nitrogens is 2. The second kappa shape index (κ2) is 5.17. The number of nitrogens with one attached hydrogen (secondary N) is 2. The van der Waals surface area contributed by atoms with E-state index < -0.39 is 15.9 Å². The van der Waals surface area contributed by atoms with Crippen molar-refractivity contribution in [3.8, 4) is 0 Å². The number of primary sulfonamides is 1. The molecule has 8 heteroatoms. The summed E-state index contributed by atoms with van der Waals surface area (Å²) in [6.45, 7) is 4.15. The van der Waals surface area contributed by atoms with Crippen LogP contribution in [0.1, 0.15) is 48.8 Å². The molecule has 1 aromatic rings. The Bertz CT molecular complexity index is 615. The molecule has 1 saturated carbocycles. The highest BCUT2D eigenvalue weighted by atomic mass is 32.2. The fraction of sp³-hybridized carbons (Fsp3) is 0.667. The number of H-pyrrole nitrogens is 1. The number of sulfonamides is 1. The van der Waals surface area contributed by atoms with Gasteiger partial charge in [0.25, 0.3) is 5.91 Å². The molecule has 0 unspecified atom stereocenters. The van der Waals surface area contributed by atoms with Crippen molar-refractivity contribution >= 4 is 15.9 Å². The molecule has 7 nitrogen and oxygen atoms in total. The van der Waals surface area contributed by atoms with E-state index in [-0.39, 0.29) is 21.7 Å². The second-order valence-corrected chi connectivity index (χ2v) is 7.27. The van der Waals surface area contributed by atoms with Gasteiger partial charge in [0.05, 0.1) is 5.69 Å². The van der Waals surface area contributed by atoms with Crippen LogP contribution < -0.4 is 10.5 Å². The summed E-state index contributed by atoms with van der Waals surface area (Å²) in [6, 6.07) is 0. The van der Waals surface area contributed by atoms with Crippen LogP contribution in [0.3, 0.4) is 0 Å². The Morgan fingerprint density at radius 2 is 2.05 bits per heavy atom. The summed E-state index contributed by atoms with van der Waals surface area (Å²) >= 11 is 0. The van der Waals surface area contributed by atoms with Gasteiger partial charge < -0.3 is 5.32 Å². The summed E-state index contributed by atoms with van der Waals surface area (Å²) in [6.07, 6.45) is 4.45. The maximum atomic E-state index is 12.1. The largest absolute Gasteiger partial charge is 0.350 e. The fourth-order valence-corrected chi connectivity index (χ4v) is 3.58. The van der Waals surface area contributed by atoms with Crippen molar-refractivity contribution in [3.63, 3.8) is 0 Å². The first kappa shape index (κ1) is 15.0. The van der Waals surface area contributed by atoms with E-state index >= 15 is 0 Å². The lowest BCUT2D eigenvalue weighted by molar-refractivity contribution is 0.0926. The number of carbonyl (C=O) groups is 1. The quantitative estimate of drug-likeness (QED) is 0.757. The summed E-state index contributed by atoms with van der Waals surface area (Å²) in [5, 5.41) is 14.1. The number of hydrogen-bond acceptors (Lipinski definition) is 4. The number of hydrogen-bond donors (Lipinski definition) is 3. The number of amides is 1. The first-order valence-electron chi connectivity index (χ1n) is 6.59. The van der Waals surface area contributed by atoms with Crippen molar-refractivity contribution in [2.75, 3.05) is 6.54 Å². The van der Waals surface area contributed by atoms with E-state index in [0.29, 0.717) is 6.54 Å². The van der Waals surface area contributed by atoms with Gasteiger partial charge in [-0.25, -0.2) is 13.6 Å². The molecule has 1 heterocycles. The average Bonchev–Trinajstić information content (AvgIpc) is 2.92. The van der Waals surface area contributed by atoms with E-state index in [9.17, 15) is 13.2 Å². The molecule has 1 aromatic heterocycles. The molecule has 1 fully saturated rings. The topological polar surface area (TPSA) is 118 Å². The van der Waals surface area contributed by atoms with Crippen molar-refractivity contribution < 1.29 is 13.2 Å². The maximum absolute atomic E-state index is 12.1. The summed E-state index contributed by atoms with van der Waals surface area (Å²) in [5.41, 5.74) is 0.194. The van der Waals surface area contributed by atoms with E-state index in [4.69, 9.17) is 5.14 Å². The van der Waals surface area contributed by atoms with Gasteiger partial charge in [0.15, 0.2) is 5.69 Å². The van der Waals surface area contributed by atoms with Gasteiger partial charge in [-0.15, -0.1) is 0 Å². The lowest BCUT2D eigenvalue weighted by Gasteiger charge is -2.23. The molecule has 2 rings (SSSR count). The fourth-order valence-electron chi connectivity index (χ4n) is 2.70. The predicted octanol–water partition coefficient (Wildman–Crippen LogP) is 0.676. The number of aryl methyl sites for hydroxylation is 1. The highest BCUT2D eigenvalue weighted by Gasteiger charge is 2.31. The standard InChI is InChI=1S/C12H20N4O3S/c1-8-10(20(13,18)19)9(16-15-8)11(17)14-7-12(2)5-3-4-6-12/h3-7H2,1-2H3,(H,14,17)(H,15,16)(H2,13,18,19). The Morgan fingerprint density at radius 3 is 2.60 bits per heavy atom. The second-order valence-electron chi connectivity index (χ2n) is 5.77. The van der Waals surface area contributed by atoms with Crippen LogP contribution in [0, 0.1) is 12.3 Å². The molecule has 0 aliphatic heterocycles. The van der Waals surface area contributed by atoms with E-state index in [1.165, 1.54) is 6.92 Å². The van der Waals surface area contributed by atoms with E-state index in [1.807, 2.05) is 0 Å². The summed E-state index contributed by atoms with van der Waals surface area (Å²) in [7, 11) is -3.97. The minimum Gasteiger partial charge on any atom is -0.350 e. The van der Waals surface area contributed by atoms with E-state index in [2.05, 4.69) is 22.4 Å². The number of nitrogens with zero attached hydrogens (tertiary/aromatic N) is 1. The molecule has 0 radical (unpaired) electrons. The van der Waals surface area contributed by atoms with Crippen molar-refractivity contribution in [2.45, 2.75) is 44.4 Å². The van der Waals surface area contributed by atoms with Crippen LogP contribution in [0.2, 0.25) is 0 Å². The summed E-state index contributed by atoms with van der Waals surface area (Å²) < 4.78 is 23.0. The third-order valence-electron chi connectivity index (χ3n) is 3.88. The van der Waals surface area contributed by atoms with E-state index in [0.717, 1.165) is 25.7 Å². The molecule has 0 atom stereocenters. The van der Waals surface area contributed by atoms with Crippen LogP contribution in [0.25, 0.3) is 0 Å². The van der Waals surface area contributed by atoms with Gasteiger partial charge in [-0.1, -0.05) is 19.8 Å². The number of nitrogens with two attached hydrogens (primary N) is 1. The van der Waals surface area contributed by atoms with Gasteiger partial charge in [0, 0.05) is 6.54 Å². The Morgan fingerprint density at radius 1 is 1.45 bits per heavy atom. The first-order valence-corrected chi connectivity index (χ1v) is 8.14. The molecule has 4 N–H and O–H groups in total. The van der Waals surface area contributed by atoms with Gasteiger partial charge in [0.2, 0.25) is 10.0 Å². The molecule has 1 amide bonds. The Balaban J connectivity index is 2.14. The molecule has 1 aliphatic carbocycles. The van der Waals surface area contributed by atoms with Crippen LogP contribution in [-0.2, 0) is 10.0 Å². The molecule has 1 aliphatic rings. The number of rotatable bonds is 4. The molecule has 20 heavy (non-hydrogen) atoms. The highest BCUT2D eigenvalue weighted by Crippen LogP contribution is 2.36. The van der Waals surface area contributed by atoms with Crippen molar-refractivity contribution in [2.24, 2.45) is 10.6 Å². The van der Waals surface area contributed by atoms with Crippen LogP contribution >= 0.6 is 0 Å². The third kappa shape index (κ3) is 3.01. The van der Waals surface area contributed by atoms with Crippen molar-refractivity contribution in [1.82, 2.24) is 15.5 Å². The van der Waals surface area contributed by atoms with Gasteiger partial charge >= 0.3 is 0 Å². The zero-order valence-electron chi connectivity index (χ0n) is 11.7. The average molecular weight is 300 g/mol. The van der Waals surface area contributed by atoms with Crippen molar-refractivity contribution in [3.05, 3.63) is 11.4 Å². The highest BCUT2D eigenvalue weighted by molar-refractivity contribution is 7.89. The van der Waals surface area contributed by atoms with Gasteiger partial charge in [-0.05, 0) is 25.2 Å². The maximum Gasteiger partial charge on any atom is 0.273 e. The summed E-state index contributed by atoms with van der Waals surface area (Å²) in [4.78, 5) is 11.9. The van der Waals surface area contributed by atoms with Gasteiger partial charge in [-0.2, -0.15) is 5.10 Å². The minimum atomic E-state index is -3.97. The van der Waals surface area contributed by atoms with Gasteiger partial charge in [-0.3, -0.25) is 9.89 Å². The molecule has 112 valence electrons. The zero-order valence-corrected chi connectivity index (χ0v) is 12.5.